The topological polar surface area (TPSA) is 32.3 Å². The van der Waals surface area contributed by atoms with Gasteiger partial charge in [-0.15, -0.1) is 11.3 Å². The molecule has 1 N–H and O–H groups in total. The number of nitrogens with one attached hydrogen (secondary N) is 1. The number of carbonyl (C=O) groups is 1. The lowest BCUT2D eigenvalue weighted by molar-refractivity contribution is -0.128. The highest BCUT2D eigenvalue weighted by Gasteiger charge is 2.10. The maximum absolute atomic E-state index is 11.3. The van der Waals surface area contributed by atoms with Crippen LogP contribution in [-0.2, 0) is 11.3 Å². The number of hydrogen-bond donors (Lipinski definition) is 1. The molecule has 1 unspecified atom stereocenters. The van der Waals surface area contributed by atoms with E-state index >= 15 is 0 Å². The molecule has 0 saturated carbocycles. The summed E-state index contributed by atoms with van der Waals surface area (Å²) < 4.78 is 0. The van der Waals surface area contributed by atoms with Crippen molar-refractivity contribution in [3.8, 4) is 0 Å². The van der Waals surface area contributed by atoms with E-state index in [0.29, 0.717) is 6.54 Å². The molecular formula is C17H22N2OS. The number of amides is 1. The first-order valence-electron chi connectivity index (χ1n) is 7.08. The second kappa shape index (κ2) is 6.76. The first-order valence-corrected chi connectivity index (χ1v) is 7.96. The Morgan fingerprint density at radius 1 is 1.38 bits per heavy atom. The van der Waals surface area contributed by atoms with Gasteiger partial charge in [0.2, 0.25) is 5.91 Å². The van der Waals surface area contributed by atoms with Gasteiger partial charge in [-0.05, 0) is 48.6 Å². The molecule has 21 heavy (non-hydrogen) atoms. The SMILES string of the molecule is CC(=O)N(C)Cc1cccc(NC(C)c2sccc2C)c1. The van der Waals surface area contributed by atoms with E-state index in [2.05, 4.69) is 42.7 Å². The summed E-state index contributed by atoms with van der Waals surface area (Å²) in [7, 11) is 1.82. The Morgan fingerprint density at radius 2 is 2.14 bits per heavy atom. The third kappa shape index (κ3) is 4.08. The van der Waals surface area contributed by atoms with Crippen molar-refractivity contribution in [2.75, 3.05) is 12.4 Å². The Morgan fingerprint density at radius 3 is 2.76 bits per heavy atom. The molecule has 1 aromatic carbocycles. The van der Waals surface area contributed by atoms with Crippen molar-refractivity contribution in [2.45, 2.75) is 33.4 Å². The van der Waals surface area contributed by atoms with Crippen molar-refractivity contribution >= 4 is 22.9 Å². The largest absolute Gasteiger partial charge is 0.378 e. The van der Waals surface area contributed by atoms with Crippen LogP contribution in [0.1, 0.15) is 35.9 Å². The van der Waals surface area contributed by atoms with Gasteiger partial charge >= 0.3 is 0 Å². The fourth-order valence-corrected chi connectivity index (χ4v) is 3.22. The van der Waals surface area contributed by atoms with Crippen LogP contribution in [0, 0.1) is 6.92 Å². The van der Waals surface area contributed by atoms with Gasteiger partial charge in [0.25, 0.3) is 0 Å². The van der Waals surface area contributed by atoms with Crippen LogP contribution in [0.15, 0.2) is 35.7 Å². The summed E-state index contributed by atoms with van der Waals surface area (Å²) in [4.78, 5) is 14.4. The van der Waals surface area contributed by atoms with Crippen molar-refractivity contribution in [1.29, 1.82) is 0 Å². The number of aryl methyl sites for hydroxylation is 1. The molecule has 4 heteroatoms. The molecule has 0 fully saturated rings. The minimum Gasteiger partial charge on any atom is -0.378 e. The molecule has 2 rings (SSSR count). The molecule has 112 valence electrons. The lowest BCUT2D eigenvalue weighted by Gasteiger charge is -2.18. The Balaban J connectivity index is 2.07. The van der Waals surface area contributed by atoms with Crippen molar-refractivity contribution in [2.24, 2.45) is 0 Å². The third-order valence-electron chi connectivity index (χ3n) is 3.56. The van der Waals surface area contributed by atoms with E-state index in [1.54, 1.807) is 23.2 Å². The zero-order valence-electron chi connectivity index (χ0n) is 13.0. The Bertz CT molecular complexity index is 621. The fraction of sp³-hybridized carbons (Fsp3) is 0.353. The monoisotopic (exact) mass is 302 g/mol. The van der Waals surface area contributed by atoms with Crippen LogP contribution in [0.25, 0.3) is 0 Å². The fourth-order valence-electron chi connectivity index (χ4n) is 2.29. The summed E-state index contributed by atoms with van der Waals surface area (Å²) in [6.07, 6.45) is 0. The second-order valence-corrected chi connectivity index (χ2v) is 6.36. The van der Waals surface area contributed by atoms with Gasteiger partial charge < -0.3 is 10.2 Å². The van der Waals surface area contributed by atoms with Crippen molar-refractivity contribution in [3.63, 3.8) is 0 Å². The summed E-state index contributed by atoms with van der Waals surface area (Å²) in [5.41, 5.74) is 3.55. The van der Waals surface area contributed by atoms with E-state index in [1.807, 2.05) is 19.2 Å². The van der Waals surface area contributed by atoms with Crippen LogP contribution in [-0.4, -0.2) is 17.9 Å². The standard InChI is InChI=1S/C17H22N2OS/c1-12-8-9-21-17(12)13(2)18-16-7-5-6-15(10-16)11-19(4)14(3)20/h5-10,13,18H,11H2,1-4H3. The molecule has 1 heterocycles. The van der Waals surface area contributed by atoms with Gasteiger partial charge in [-0.1, -0.05) is 12.1 Å². The van der Waals surface area contributed by atoms with Gasteiger partial charge in [-0.2, -0.15) is 0 Å². The Labute approximate surface area is 130 Å². The number of benzene rings is 1. The highest BCUT2D eigenvalue weighted by atomic mass is 32.1. The lowest BCUT2D eigenvalue weighted by Crippen LogP contribution is -2.23. The van der Waals surface area contributed by atoms with Gasteiger partial charge in [0.15, 0.2) is 0 Å². The summed E-state index contributed by atoms with van der Waals surface area (Å²) in [6.45, 7) is 6.54. The second-order valence-electron chi connectivity index (χ2n) is 5.41. The molecule has 3 nitrogen and oxygen atoms in total. The molecule has 0 aliphatic rings. The highest BCUT2D eigenvalue weighted by molar-refractivity contribution is 7.10. The predicted octanol–water partition coefficient (Wildman–Crippen LogP) is 4.21. The van der Waals surface area contributed by atoms with Crippen molar-refractivity contribution in [1.82, 2.24) is 4.90 Å². The third-order valence-corrected chi connectivity index (χ3v) is 4.76. The van der Waals surface area contributed by atoms with Crippen LogP contribution in [0.4, 0.5) is 5.69 Å². The van der Waals surface area contributed by atoms with Gasteiger partial charge in [-0.25, -0.2) is 0 Å². The molecule has 1 aromatic heterocycles. The van der Waals surface area contributed by atoms with Crippen LogP contribution >= 0.6 is 11.3 Å². The van der Waals surface area contributed by atoms with E-state index in [9.17, 15) is 4.79 Å². The van der Waals surface area contributed by atoms with Crippen LogP contribution in [0.3, 0.4) is 0 Å². The van der Waals surface area contributed by atoms with Crippen LogP contribution < -0.4 is 5.32 Å². The summed E-state index contributed by atoms with van der Waals surface area (Å²) >= 11 is 1.78. The predicted molar refractivity (Wildman–Crippen MR) is 89.7 cm³/mol. The number of rotatable bonds is 5. The number of hydrogen-bond acceptors (Lipinski definition) is 3. The number of carbonyl (C=O) groups excluding carboxylic acids is 1. The number of anilines is 1. The molecule has 0 radical (unpaired) electrons. The first kappa shape index (κ1) is 15.6. The molecule has 0 bridgehead atoms. The van der Waals surface area contributed by atoms with E-state index in [4.69, 9.17) is 0 Å². The molecule has 0 saturated heterocycles. The minimum atomic E-state index is 0.0796. The Kier molecular flexibility index (Phi) is 5.02. The van der Waals surface area contributed by atoms with Crippen LogP contribution in [0.2, 0.25) is 0 Å². The molecular weight excluding hydrogens is 280 g/mol. The summed E-state index contributed by atoms with van der Waals surface area (Å²) in [6, 6.07) is 10.7. The normalized spacial score (nSPS) is 12.0. The average molecular weight is 302 g/mol. The van der Waals surface area contributed by atoms with E-state index in [1.165, 1.54) is 10.4 Å². The van der Waals surface area contributed by atoms with Gasteiger partial charge in [0.05, 0.1) is 6.04 Å². The van der Waals surface area contributed by atoms with E-state index < -0.39 is 0 Å². The Hall–Kier alpha value is -1.81. The quantitative estimate of drug-likeness (QED) is 0.897. The summed E-state index contributed by atoms with van der Waals surface area (Å²) in [5.74, 6) is 0.0796. The molecule has 0 aliphatic heterocycles. The molecule has 0 aliphatic carbocycles. The van der Waals surface area contributed by atoms with Gasteiger partial charge in [0.1, 0.15) is 0 Å². The van der Waals surface area contributed by atoms with Crippen molar-refractivity contribution in [3.05, 3.63) is 51.7 Å². The average Bonchev–Trinajstić information content (AvgIpc) is 2.85. The zero-order chi connectivity index (χ0) is 15.4. The number of nitrogens with zero attached hydrogens (tertiary/aromatic N) is 1. The molecule has 1 atom stereocenters. The zero-order valence-corrected chi connectivity index (χ0v) is 13.8. The maximum atomic E-state index is 11.3. The van der Waals surface area contributed by atoms with Crippen LogP contribution in [0.5, 0.6) is 0 Å². The van der Waals surface area contributed by atoms with Gasteiger partial charge in [0, 0.05) is 31.1 Å². The molecule has 2 aromatic rings. The first-order chi connectivity index (χ1) is 9.97. The highest BCUT2D eigenvalue weighted by Crippen LogP contribution is 2.27. The van der Waals surface area contributed by atoms with E-state index in [-0.39, 0.29) is 11.9 Å². The number of thiophene rings is 1. The molecule has 0 spiro atoms. The maximum Gasteiger partial charge on any atom is 0.219 e. The van der Waals surface area contributed by atoms with Crippen molar-refractivity contribution < 1.29 is 4.79 Å². The lowest BCUT2D eigenvalue weighted by atomic mass is 10.1. The smallest absolute Gasteiger partial charge is 0.219 e. The molecule has 1 amide bonds. The summed E-state index contributed by atoms with van der Waals surface area (Å²) in [5, 5.41) is 5.66. The minimum absolute atomic E-state index is 0.0796. The van der Waals surface area contributed by atoms with Gasteiger partial charge in [-0.3, -0.25) is 4.79 Å². The van der Waals surface area contributed by atoms with E-state index in [0.717, 1.165) is 11.3 Å².